The molecule has 1 aliphatic heterocycles. The lowest BCUT2D eigenvalue weighted by atomic mass is 10.0. The van der Waals surface area contributed by atoms with Crippen molar-refractivity contribution in [2.75, 3.05) is 19.3 Å². The average molecular weight is 172 g/mol. The smallest absolute Gasteiger partial charge is 0.0247 e. The van der Waals surface area contributed by atoms with Crippen molar-refractivity contribution in [3.8, 4) is 0 Å². The highest BCUT2D eigenvalue weighted by atomic mass is 32.2. The molecule has 1 spiro atoms. The molecular weight excluding hydrogens is 156 g/mol. The summed E-state index contributed by atoms with van der Waals surface area (Å²) in [7, 11) is 0.185. The van der Waals surface area contributed by atoms with Crippen LogP contribution in [0.4, 0.5) is 0 Å². The van der Waals surface area contributed by atoms with Crippen molar-refractivity contribution in [2.24, 2.45) is 11.1 Å². The summed E-state index contributed by atoms with van der Waals surface area (Å²) in [6, 6.07) is 0.430. The predicted molar refractivity (Wildman–Crippen MR) is 51.9 cm³/mol. The summed E-state index contributed by atoms with van der Waals surface area (Å²) in [5.41, 5.74) is 6.56. The first-order chi connectivity index (χ1) is 5.14. The summed E-state index contributed by atoms with van der Waals surface area (Å²) in [5, 5.41) is 0. The molecule has 1 saturated heterocycles. The van der Waals surface area contributed by atoms with Gasteiger partial charge in [0.2, 0.25) is 0 Å². The monoisotopic (exact) mass is 172 g/mol. The number of nitrogens with zero attached hydrogens (tertiary/aromatic N) is 1. The third-order valence-corrected chi connectivity index (χ3v) is 4.17. The second-order valence-corrected chi connectivity index (χ2v) is 5.61. The molecule has 0 aromatic rings. The Kier molecular flexibility index (Phi) is 1.63. The molecule has 0 bridgehead atoms. The molecule has 1 aliphatic carbocycles. The Morgan fingerprint density at radius 2 is 2.27 bits per heavy atom. The highest BCUT2D eigenvalue weighted by molar-refractivity contribution is 8.11. The lowest BCUT2D eigenvalue weighted by Gasteiger charge is -2.15. The van der Waals surface area contributed by atoms with Crippen LogP contribution >= 0.6 is 10.7 Å². The second kappa shape index (κ2) is 2.31. The molecule has 0 aromatic carbocycles. The van der Waals surface area contributed by atoms with Crippen LogP contribution in [0.5, 0.6) is 0 Å². The van der Waals surface area contributed by atoms with E-state index in [1.165, 1.54) is 19.4 Å². The van der Waals surface area contributed by atoms with Crippen molar-refractivity contribution in [3.05, 3.63) is 0 Å². The van der Waals surface area contributed by atoms with E-state index >= 15 is 0 Å². The van der Waals surface area contributed by atoms with Crippen LogP contribution in [0, 0.1) is 5.41 Å². The van der Waals surface area contributed by atoms with Gasteiger partial charge in [-0.15, -0.1) is 10.7 Å². The maximum absolute atomic E-state index is 6.04. The molecule has 3 heteroatoms. The standard InChI is InChI=1S/C8H16N2S/c1-11(2)10-5-7(9)8(6-10)3-4-8/h7H,1,3-6,9H2,2H3. The van der Waals surface area contributed by atoms with Gasteiger partial charge in [0.15, 0.2) is 0 Å². The zero-order valence-corrected chi connectivity index (χ0v) is 7.86. The fourth-order valence-electron chi connectivity index (χ4n) is 1.87. The van der Waals surface area contributed by atoms with Crippen LogP contribution in [0.3, 0.4) is 0 Å². The van der Waals surface area contributed by atoms with E-state index in [0.717, 1.165) is 6.54 Å². The lowest BCUT2D eigenvalue weighted by molar-refractivity contribution is 0.484. The fourth-order valence-corrected chi connectivity index (χ4v) is 2.77. The van der Waals surface area contributed by atoms with Crippen molar-refractivity contribution in [3.63, 3.8) is 0 Å². The summed E-state index contributed by atoms with van der Waals surface area (Å²) in [4.78, 5) is 0. The van der Waals surface area contributed by atoms with Gasteiger partial charge < -0.3 is 5.73 Å². The molecule has 0 amide bonds. The lowest BCUT2D eigenvalue weighted by Crippen LogP contribution is -2.30. The number of rotatable bonds is 1. The fraction of sp³-hybridized carbons (Fsp3) is 0.875. The van der Waals surface area contributed by atoms with Gasteiger partial charge in [-0.2, -0.15) is 0 Å². The van der Waals surface area contributed by atoms with Crippen molar-refractivity contribution in [2.45, 2.75) is 18.9 Å². The van der Waals surface area contributed by atoms with E-state index in [1.54, 1.807) is 0 Å². The van der Waals surface area contributed by atoms with Gasteiger partial charge in [0.25, 0.3) is 0 Å². The molecule has 2 fully saturated rings. The van der Waals surface area contributed by atoms with E-state index in [4.69, 9.17) is 5.73 Å². The van der Waals surface area contributed by atoms with Crippen LogP contribution in [-0.4, -0.2) is 35.6 Å². The van der Waals surface area contributed by atoms with Crippen LogP contribution < -0.4 is 5.73 Å². The number of hydrogen-bond donors (Lipinski definition) is 1. The highest BCUT2D eigenvalue weighted by Gasteiger charge is 2.53. The minimum absolute atomic E-state index is 0.185. The van der Waals surface area contributed by atoms with Gasteiger partial charge >= 0.3 is 0 Å². The minimum Gasteiger partial charge on any atom is -0.326 e. The summed E-state index contributed by atoms with van der Waals surface area (Å²) in [6.07, 6.45) is 4.87. The van der Waals surface area contributed by atoms with E-state index in [1.807, 2.05) is 0 Å². The molecule has 2 N–H and O–H groups in total. The van der Waals surface area contributed by atoms with Crippen molar-refractivity contribution in [1.29, 1.82) is 0 Å². The SMILES string of the molecule is C=S(C)N1CC(N)C2(CC2)C1. The molecule has 1 heterocycles. The van der Waals surface area contributed by atoms with E-state index in [-0.39, 0.29) is 10.7 Å². The number of nitrogens with two attached hydrogens (primary N) is 1. The van der Waals surface area contributed by atoms with Gasteiger partial charge in [-0.3, -0.25) is 4.31 Å². The predicted octanol–water partition coefficient (Wildman–Crippen LogP) is 0.655. The molecule has 0 aromatic heterocycles. The summed E-state index contributed by atoms with van der Waals surface area (Å²) >= 11 is 0. The van der Waals surface area contributed by atoms with Gasteiger partial charge in [0.05, 0.1) is 0 Å². The molecule has 2 aliphatic rings. The second-order valence-electron chi connectivity index (χ2n) is 3.89. The Bertz CT molecular complexity index is 198. The first kappa shape index (κ1) is 7.77. The minimum atomic E-state index is 0.185. The Hall–Kier alpha value is 0.140. The first-order valence-corrected chi connectivity index (χ1v) is 5.86. The highest BCUT2D eigenvalue weighted by Crippen LogP contribution is 2.53. The van der Waals surface area contributed by atoms with Crippen LogP contribution in [0.1, 0.15) is 12.8 Å². The molecule has 0 radical (unpaired) electrons. The third kappa shape index (κ3) is 1.15. The van der Waals surface area contributed by atoms with Gasteiger partial charge in [0.1, 0.15) is 0 Å². The van der Waals surface area contributed by atoms with Crippen LogP contribution in [0.25, 0.3) is 0 Å². The Balaban J connectivity index is 2.07. The first-order valence-electron chi connectivity index (χ1n) is 4.10. The molecule has 1 saturated carbocycles. The average Bonchev–Trinajstić information content (AvgIpc) is 2.59. The number of hydrogen-bond acceptors (Lipinski definition) is 2. The van der Waals surface area contributed by atoms with Gasteiger partial charge in [-0.05, 0) is 19.1 Å². The summed E-state index contributed by atoms with van der Waals surface area (Å²) < 4.78 is 2.43. The van der Waals surface area contributed by atoms with Gasteiger partial charge in [-0.25, -0.2) is 0 Å². The third-order valence-electron chi connectivity index (χ3n) is 3.01. The largest absolute Gasteiger partial charge is 0.326 e. The molecule has 11 heavy (non-hydrogen) atoms. The van der Waals surface area contributed by atoms with Crippen molar-refractivity contribution >= 4 is 16.5 Å². The zero-order valence-electron chi connectivity index (χ0n) is 7.05. The maximum atomic E-state index is 6.04. The Morgan fingerprint density at radius 1 is 1.64 bits per heavy atom. The Labute approximate surface area is 70.8 Å². The Morgan fingerprint density at radius 3 is 2.55 bits per heavy atom. The van der Waals surface area contributed by atoms with Crippen molar-refractivity contribution < 1.29 is 0 Å². The van der Waals surface area contributed by atoms with E-state index in [2.05, 4.69) is 16.4 Å². The van der Waals surface area contributed by atoms with Crippen molar-refractivity contribution in [1.82, 2.24) is 4.31 Å². The summed E-state index contributed by atoms with van der Waals surface area (Å²) in [5.74, 6) is 4.05. The van der Waals surface area contributed by atoms with Crippen LogP contribution in [0.2, 0.25) is 0 Å². The molecule has 2 atom stereocenters. The maximum Gasteiger partial charge on any atom is 0.0247 e. The van der Waals surface area contributed by atoms with E-state index in [9.17, 15) is 0 Å². The van der Waals surface area contributed by atoms with Gasteiger partial charge in [-0.1, -0.05) is 5.87 Å². The van der Waals surface area contributed by atoms with Crippen LogP contribution in [-0.2, 0) is 0 Å². The van der Waals surface area contributed by atoms with Crippen LogP contribution in [0.15, 0.2) is 0 Å². The van der Waals surface area contributed by atoms with E-state index < -0.39 is 0 Å². The zero-order chi connectivity index (χ0) is 8.06. The van der Waals surface area contributed by atoms with Gasteiger partial charge in [0, 0.05) is 24.5 Å². The topological polar surface area (TPSA) is 29.3 Å². The normalized spacial score (nSPS) is 37.8. The molecule has 2 unspecified atom stereocenters. The molecule has 2 nitrogen and oxygen atoms in total. The summed E-state index contributed by atoms with van der Waals surface area (Å²) in [6.45, 7) is 2.28. The van der Waals surface area contributed by atoms with E-state index in [0.29, 0.717) is 11.5 Å². The molecular formula is C8H16N2S. The molecule has 64 valence electrons. The molecule has 2 rings (SSSR count). The quantitative estimate of drug-likeness (QED) is 0.589.